The maximum Gasteiger partial charge on any atom is 0.468 e. The van der Waals surface area contributed by atoms with E-state index in [2.05, 4.69) is 38.5 Å². The number of oxazole rings is 1. The second kappa shape index (κ2) is 6.80. The molecule has 0 saturated carbocycles. The van der Waals surface area contributed by atoms with Crippen LogP contribution >= 0.6 is 11.8 Å². The highest BCUT2D eigenvalue weighted by Gasteiger charge is 2.40. The number of rotatable bonds is 3. The average molecular weight is 413 g/mol. The van der Waals surface area contributed by atoms with E-state index in [1.54, 1.807) is 12.3 Å². The number of aliphatic imine (C=N–C) groups is 1. The second-order valence-corrected chi connectivity index (χ2v) is 8.94. The average Bonchev–Trinajstić information content (AvgIpc) is 3.03. The zero-order valence-corrected chi connectivity index (χ0v) is 16.1. The van der Waals surface area contributed by atoms with E-state index in [0.29, 0.717) is 23.5 Å². The van der Waals surface area contributed by atoms with E-state index >= 15 is 0 Å². The van der Waals surface area contributed by atoms with Gasteiger partial charge in [0.15, 0.2) is 10.9 Å². The number of nitrogens with two attached hydrogens (primary N) is 1. The smallest absolute Gasteiger partial charge is 0.441 e. The van der Waals surface area contributed by atoms with Crippen molar-refractivity contribution in [2.75, 3.05) is 5.32 Å². The highest BCUT2D eigenvalue weighted by Crippen LogP contribution is 2.44. The molecule has 0 aliphatic carbocycles. The number of halogens is 3. The van der Waals surface area contributed by atoms with E-state index in [-0.39, 0.29) is 4.75 Å². The maximum absolute atomic E-state index is 12.6. The predicted octanol–water partition coefficient (Wildman–Crippen LogP) is 3.79. The topological polar surface area (TPSA) is 106 Å². The summed E-state index contributed by atoms with van der Waals surface area (Å²) in [6.07, 6.45) is -0.425. The van der Waals surface area contributed by atoms with Crippen LogP contribution in [0.25, 0.3) is 0 Å². The molecule has 0 spiro atoms. The summed E-state index contributed by atoms with van der Waals surface area (Å²) in [5, 5.41) is 2.93. The number of thioether (sulfide) groups is 1. The lowest BCUT2D eigenvalue weighted by molar-refractivity contribution is -0.157. The summed E-state index contributed by atoms with van der Waals surface area (Å²) in [6.45, 7) is 6.02. The highest BCUT2D eigenvalue weighted by atomic mass is 32.2. The molecule has 3 rings (SSSR count). The molecule has 7 nitrogen and oxygen atoms in total. The molecule has 3 heterocycles. The van der Waals surface area contributed by atoms with Gasteiger partial charge >= 0.3 is 12.1 Å². The summed E-state index contributed by atoms with van der Waals surface area (Å²) in [4.78, 5) is 24.0. The van der Waals surface area contributed by atoms with E-state index in [9.17, 15) is 18.0 Å². The van der Waals surface area contributed by atoms with Gasteiger partial charge in [0.05, 0.1) is 17.4 Å². The number of amides is 1. The van der Waals surface area contributed by atoms with Gasteiger partial charge in [-0.25, -0.2) is 4.98 Å². The number of nitrogens with zero attached hydrogens (tertiary/aromatic N) is 3. The molecule has 0 fully saturated rings. The number of alkyl halides is 3. The molecule has 0 radical (unpaired) electrons. The summed E-state index contributed by atoms with van der Waals surface area (Å²) < 4.78 is 41.9. The number of anilines is 1. The van der Waals surface area contributed by atoms with Crippen molar-refractivity contribution in [1.29, 1.82) is 0 Å². The van der Waals surface area contributed by atoms with E-state index in [0.717, 1.165) is 5.56 Å². The molecule has 0 aromatic carbocycles. The fourth-order valence-corrected chi connectivity index (χ4v) is 4.29. The van der Waals surface area contributed by atoms with Gasteiger partial charge < -0.3 is 15.5 Å². The number of hydrogen-bond donors (Lipinski definition) is 2. The first kappa shape index (κ1) is 20.2. The fourth-order valence-electron chi connectivity index (χ4n) is 3.13. The van der Waals surface area contributed by atoms with Crippen molar-refractivity contribution in [2.24, 2.45) is 10.7 Å². The van der Waals surface area contributed by atoms with Gasteiger partial charge in [0, 0.05) is 10.9 Å². The van der Waals surface area contributed by atoms with Crippen LogP contribution in [0.1, 0.15) is 49.1 Å². The van der Waals surface area contributed by atoms with Gasteiger partial charge in [-0.1, -0.05) is 25.6 Å². The van der Waals surface area contributed by atoms with Crippen LogP contribution in [0.4, 0.5) is 18.9 Å². The number of hydrogen-bond acceptors (Lipinski definition) is 7. The van der Waals surface area contributed by atoms with Crippen LogP contribution < -0.4 is 11.1 Å². The van der Waals surface area contributed by atoms with E-state index in [1.807, 2.05) is 6.92 Å². The molecule has 1 aliphatic heterocycles. The fraction of sp³-hybridized carbons (Fsp3) is 0.412. The van der Waals surface area contributed by atoms with Crippen molar-refractivity contribution in [2.45, 2.75) is 43.7 Å². The third kappa shape index (κ3) is 4.29. The normalized spacial score (nSPS) is 21.9. The van der Waals surface area contributed by atoms with Crippen LogP contribution in [-0.4, -0.2) is 25.8 Å². The number of carbonyl (C=O) groups excluding carboxylic acids is 1. The van der Waals surface area contributed by atoms with E-state index in [4.69, 9.17) is 5.73 Å². The number of carbonyl (C=O) groups is 1. The molecule has 150 valence electrons. The van der Waals surface area contributed by atoms with Crippen molar-refractivity contribution in [3.8, 4) is 0 Å². The van der Waals surface area contributed by atoms with Crippen molar-refractivity contribution >= 4 is 28.5 Å². The third-order valence-electron chi connectivity index (χ3n) is 4.11. The van der Waals surface area contributed by atoms with Gasteiger partial charge in [-0.3, -0.25) is 14.8 Å². The summed E-state index contributed by atoms with van der Waals surface area (Å²) in [7, 11) is 0. The first-order valence-electron chi connectivity index (χ1n) is 8.22. The second-order valence-electron chi connectivity index (χ2n) is 7.21. The van der Waals surface area contributed by atoms with Gasteiger partial charge in [0.2, 0.25) is 0 Å². The van der Waals surface area contributed by atoms with E-state index < -0.39 is 29.2 Å². The minimum absolute atomic E-state index is 0.144. The monoisotopic (exact) mass is 413 g/mol. The van der Waals surface area contributed by atoms with Gasteiger partial charge in [0.25, 0.3) is 5.91 Å². The van der Waals surface area contributed by atoms with Crippen LogP contribution in [0.2, 0.25) is 0 Å². The lowest BCUT2D eigenvalue weighted by atomic mass is 9.84. The molecular weight excluding hydrogens is 395 g/mol. The van der Waals surface area contributed by atoms with Crippen LogP contribution in [0.3, 0.4) is 0 Å². The van der Waals surface area contributed by atoms with Crippen molar-refractivity contribution in [1.82, 2.24) is 9.97 Å². The molecule has 0 bridgehead atoms. The molecule has 1 amide bonds. The van der Waals surface area contributed by atoms with Gasteiger partial charge in [-0.15, -0.1) is 0 Å². The Morgan fingerprint density at radius 2 is 2.04 bits per heavy atom. The van der Waals surface area contributed by atoms with Crippen LogP contribution in [0, 0.1) is 0 Å². The number of nitrogens with one attached hydrogen (secondary N) is 1. The third-order valence-corrected chi connectivity index (χ3v) is 5.10. The summed E-state index contributed by atoms with van der Waals surface area (Å²) >= 11 is 1.48. The molecule has 2 aromatic rings. The molecule has 3 N–H and O–H groups in total. The standard InChI is InChI=1S/C17H18F3N5O2S/c1-15(2)8-16(3,25-14(21)28-15)9-4-10(6-22-5-9)23-12(26)11-7-27-13(24-11)17(18,19)20/h4-7H,8H2,1-3H3,(H2,21,25)(H,23,26). The first-order chi connectivity index (χ1) is 12.9. The Hall–Kier alpha value is -2.56. The summed E-state index contributed by atoms with van der Waals surface area (Å²) in [6, 6.07) is 1.67. The molecule has 2 aromatic heterocycles. The van der Waals surface area contributed by atoms with Crippen LogP contribution in [0.5, 0.6) is 0 Å². The van der Waals surface area contributed by atoms with Gasteiger partial charge in [-0.05, 0) is 25.0 Å². The minimum atomic E-state index is -4.77. The first-order valence-corrected chi connectivity index (χ1v) is 9.04. The Kier molecular flexibility index (Phi) is 4.90. The van der Waals surface area contributed by atoms with Gasteiger partial charge in [0.1, 0.15) is 6.26 Å². The minimum Gasteiger partial charge on any atom is -0.441 e. The van der Waals surface area contributed by atoms with Crippen LogP contribution in [0.15, 0.2) is 34.1 Å². The number of pyridine rings is 1. The highest BCUT2D eigenvalue weighted by molar-refractivity contribution is 8.15. The Balaban J connectivity index is 1.83. The molecule has 1 atom stereocenters. The Morgan fingerprint density at radius 3 is 2.64 bits per heavy atom. The zero-order valence-electron chi connectivity index (χ0n) is 15.3. The lowest BCUT2D eigenvalue weighted by Crippen LogP contribution is -2.38. The van der Waals surface area contributed by atoms with E-state index in [1.165, 1.54) is 18.0 Å². The van der Waals surface area contributed by atoms with Crippen LogP contribution in [-0.2, 0) is 11.7 Å². The zero-order chi connectivity index (χ0) is 20.7. The Morgan fingerprint density at radius 1 is 1.32 bits per heavy atom. The van der Waals surface area contributed by atoms with Crippen molar-refractivity contribution in [3.63, 3.8) is 0 Å². The Labute approximate surface area is 163 Å². The van der Waals surface area contributed by atoms with Crippen molar-refractivity contribution < 1.29 is 22.4 Å². The molecule has 11 heteroatoms. The van der Waals surface area contributed by atoms with Crippen molar-refractivity contribution in [3.05, 3.63) is 41.9 Å². The largest absolute Gasteiger partial charge is 0.468 e. The lowest BCUT2D eigenvalue weighted by Gasteiger charge is -2.39. The molecule has 0 saturated heterocycles. The molecular formula is C17H18F3N5O2S. The quantitative estimate of drug-likeness (QED) is 0.793. The summed E-state index contributed by atoms with van der Waals surface area (Å²) in [5.74, 6) is -2.32. The molecule has 28 heavy (non-hydrogen) atoms. The molecule has 1 aliphatic rings. The molecule has 1 unspecified atom stereocenters. The maximum atomic E-state index is 12.6. The SMILES string of the molecule is CC1(C)CC(C)(c2cncc(NC(=O)c3coc(C(F)(F)F)n3)c2)N=C(N)S1. The Bertz CT molecular complexity index is 941. The predicted molar refractivity (Wildman–Crippen MR) is 99.0 cm³/mol. The van der Waals surface area contributed by atoms with Gasteiger partial charge in [-0.2, -0.15) is 13.2 Å². The number of amidine groups is 1. The summed E-state index contributed by atoms with van der Waals surface area (Å²) in [5.41, 5.74) is 5.85. The number of aromatic nitrogens is 2.